The third-order valence-electron chi connectivity index (χ3n) is 6.67. The number of hydrogen-bond acceptors (Lipinski definition) is 3. The smallest absolute Gasteiger partial charge is 0.162 e. The molecule has 0 spiro atoms. The summed E-state index contributed by atoms with van der Waals surface area (Å²) in [4.78, 5) is 17.4. The van der Waals surface area contributed by atoms with Gasteiger partial charge in [-0.2, -0.15) is 0 Å². The summed E-state index contributed by atoms with van der Waals surface area (Å²) in [5.74, 6) is 0.273. The first kappa shape index (κ1) is 20.0. The lowest BCUT2D eigenvalue weighted by molar-refractivity contribution is 0.0971. The van der Waals surface area contributed by atoms with Gasteiger partial charge in [0.1, 0.15) is 5.82 Å². The molecule has 1 fully saturated rings. The van der Waals surface area contributed by atoms with Crippen LogP contribution in [0.1, 0.15) is 41.1 Å². The average Bonchev–Trinajstić information content (AvgIpc) is 3.14. The van der Waals surface area contributed by atoms with Gasteiger partial charge in [0.25, 0.3) is 0 Å². The Balaban J connectivity index is 1.24. The zero-order chi connectivity index (χ0) is 21.2. The molecule has 4 heteroatoms. The molecule has 1 saturated heterocycles. The number of carbonyl (C=O) groups excluding carboxylic acids is 1. The molecule has 0 aromatic heterocycles. The van der Waals surface area contributed by atoms with Gasteiger partial charge in [-0.3, -0.25) is 4.79 Å². The van der Waals surface area contributed by atoms with Gasteiger partial charge in [-0.1, -0.05) is 36.4 Å². The van der Waals surface area contributed by atoms with Crippen molar-refractivity contribution in [1.29, 1.82) is 0 Å². The molecule has 3 aromatic carbocycles. The third kappa shape index (κ3) is 4.00. The van der Waals surface area contributed by atoms with Gasteiger partial charge in [-0.05, 0) is 67.4 Å². The fraction of sp³-hybridized carbons (Fsp3) is 0.296. The first-order valence-corrected chi connectivity index (χ1v) is 11.1. The SMILES string of the molecule is O=C(CCCN1CC[C@H]2[C@H](C1)c1ccccc1N2c1ccccc1)c1ccc(F)cc1. The number of ketones is 1. The van der Waals surface area contributed by atoms with Crippen molar-refractivity contribution in [2.24, 2.45) is 0 Å². The molecule has 2 aliphatic heterocycles. The summed E-state index contributed by atoms with van der Waals surface area (Å²) in [7, 11) is 0. The lowest BCUT2D eigenvalue weighted by Gasteiger charge is -2.39. The first-order valence-electron chi connectivity index (χ1n) is 11.1. The topological polar surface area (TPSA) is 23.6 Å². The molecule has 0 radical (unpaired) electrons. The van der Waals surface area contributed by atoms with Crippen molar-refractivity contribution in [3.05, 3.63) is 95.8 Å². The van der Waals surface area contributed by atoms with Crippen molar-refractivity contribution in [3.8, 4) is 0 Å². The van der Waals surface area contributed by atoms with Gasteiger partial charge in [0.05, 0.1) is 0 Å². The van der Waals surface area contributed by atoms with Gasteiger partial charge in [0.2, 0.25) is 0 Å². The first-order chi connectivity index (χ1) is 15.2. The number of para-hydroxylation sites is 2. The van der Waals surface area contributed by atoms with Gasteiger partial charge in [-0.25, -0.2) is 4.39 Å². The third-order valence-corrected chi connectivity index (χ3v) is 6.67. The second kappa shape index (κ2) is 8.64. The summed E-state index contributed by atoms with van der Waals surface area (Å²) in [5, 5.41) is 0. The van der Waals surface area contributed by atoms with E-state index in [4.69, 9.17) is 0 Å². The van der Waals surface area contributed by atoms with Crippen molar-refractivity contribution in [2.45, 2.75) is 31.2 Å². The van der Waals surface area contributed by atoms with Gasteiger partial charge in [-0.15, -0.1) is 0 Å². The molecule has 5 rings (SSSR count). The van der Waals surface area contributed by atoms with Crippen LogP contribution in [0.15, 0.2) is 78.9 Å². The molecule has 0 N–H and O–H groups in total. The number of hydrogen-bond donors (Lipinski definition) is 0. The second-order valence-corrected chi connectivity index (χ2v) is 8.56. The maximum Gasteiger partial charge on any atom is 0.162 e. The number of likely N-dealkylation sites (tertiary alicyclic amines) is 1. The Hall–Kier alpha value is -2.98. The van der Waals surface area contributed by atoms with E-state index in [9.17, 15) is 9.18 Å². The summed E-state index contributed by atoms with van der Waals surface area (Å²) in [5.41, 5.74) is 4.63. The molecule has 0 bridgehead atoms. The molecule has 2 heterocycles. The van der Waals surface area contributed by atoms with E-state index >= 15 is 0 Å². The molecule has 31 heavy (non-hydrogen) atoms. The Bertz CT molecular complexity index is 1050. The molecule has 0 saturated carbocycles. The minimum Gasteiger partial charge on any atom is -0.337 e. The quantitative estimate of drug-likeness (QED) is 0.477. The van der Waals surface area contributed by atoms with E-state index in [1.807, 2.05) is 0 Å². The van der Waals surface area contributed by atoms with E-state index in [1.165, 1.54) is 29.1 Å². The van der Waals surface area contributed by atoms with Gasteiger partial charge in [0.15, 0.2) is 5.78 Å². The van der Waals surface area contributed by atoms with Crippen LogP contribution < -0.4 is 4.90 Å². The highest BCUT2D eigenvalue weighted by atomic mass is 19.1. The lowest BCUT2D eigenvalue weighted by Crippen LogP contribution is -2.45. The minimum atomic E-state index is -0.305. The largest absolute Gasteiger partial charge is 0.337 e. The van der Waals surface area contributed by atoms with Crippen LogP contribution in [0.2, 0.25) is 0 Å². The van der Waals surface area contributed by atoms with Crippen molar-refractivity contribution < 1.29 is 9.18 Å². The van der Waals surface area contributed by atoms with Crippen LogP contribution in [0.25, 0.3) is 0 Å². The van der Waals surface area contributed by atoms with Crippen LogP contribution in [-0.2, 0) is 0 Å². The van der Waals surface area contributed by atoms with E-state index in [1.54, 1.807) is 12.1 Å². The van der Waals surface area contributed by atoms with Gasteiger partial charge >= 0.3 is 0 Å². The molecular formula is C27H27FN2O. The Labute approximate surface area is 183 Å². The average molecular weight is 415 g/mol. The Morgan fingerprint density at radius 1 is 0.935 bits per heavy atom. The number of piperidine rings is 1. The van der Waals surface area contributed by atoms with Crippen molar-refractivity contribution in [1.82, 2.24) is 4.90 Å². The number of rotatable bonds is 6. The summed E-state index contributed by atoms with van der Waals surface area (Å²) >= 11 is 0. The molecular weight excluding hydrogens is 387 g/mol. The van der Waals surface area contributed by atoms with E-state index < -0.39 is 0 Å². The maximum atomic E-state index is 13.1. The molecule has 0 amide bonds. The standard InChI is InChI=1S/C27H27FN2O/c28-21-14-12-20(13-15-21)27(31)11-6-17-29-18-16-26-24(19-29)23-9-4-5-10-25(23)30(26)22-7-2-1-3-8-22/h1-5,7-10,12-15,24,26H,6,11,16-19H2/t24-,26+/m1/s1. The highest BCUT2D eigenvalue weighted by Crippen LogP contribution is 2.48. The molecule has 3 nitrogen and oxygen atoms in total. The number of fused-ring (bicyclic) bond motifs is 3. The Morgan fingerprint density at radius 2 is 1.68 bits per heavy atom. The fourth-order valence-corrected chi connectivity index (χ4v) is 5.19. The summed E-state index contributed by atoms with van der Waals surface area (Å²) in [6.07, 6.45) is 2.45. The summed E-state index contributed by atoms with van der Waals surface area (Å²) < 4.78 is 13.1. The predicted molar refractivity (Wildman–Crippen MR) is 123 cm³/mol. The van der Waals surface area contributed by atoms with E-state index in [-0.39, 0.29) is 11.6 Å². The van der Waals surface area contributed by atoms with Crippen molar-refractivity contribution in [3.63, 3.8) is 0 Å². The van der Waals surface area contributed by atoms with Crippen LogP contribution >= 0.6 is 0 Å². The fourth-order valence-electron chi connectivity index (χ4n) is 5.19. The zero-order valence-electron chi connectivity index (χ0n) is 17.6. The maximum absolute atomic E-state index is 13.1. The van der Waals surface area contributed by atoms with Crippen LogP contribution in [0.5, 0.6) is 0 Å². The Morgan fingerprint density at radius 3 is 2.48 bits per heavy atom. The molecule has 158 valence electrons. The number of halogens is 1. The number of Topliss-reactive ketones (excluding diaryl/α,β-unsaturated/α-hetero) is 1. The molecule has 0 aliphatic carbocycles. The van der Waals surface area contributed by atoms with E-state index in [2.05, 4.69) is 64.4 Å². The van der Waals surface area contributed by atoms with E-state index in [0.717, 1.165) is 32.5 Å². The highest BCUT2D eigenvalue weighted by molar-refractivity contribution is 5.95. The second-order valence-electron chi connectivity index (χ2n) is 8.56. The van der Waals surface area contributed by atoms with Crippen LogP contribution in [0.4, 0.5) is 15.8 Å². The normalized spacial score (nSPS) is 20.4. The van der Waals surface area contributed by atoms with Gasteiger partial charge < -0.3 is 9.80 Å². The van der Waals surface area contributed by atoms with Crippen molar-refractivity contribution in [2.75, 3.05) is 24.5 Å². The van der Waals surface area contributed by atoms with E-state index in [0.29, 0.717) is 23.9 Å². The van der Waals surface area contributed by atoms with Crippen LogP contribution in [-0.4, -0.2) is 36.4 Å². The number of anilines is 2. The van der Waals surface area contributed by atoms with Crippen molar-refractivity contribution >= 4 is 17.2 Å². The number of benzene rings is 3. The number of carbonyl (C=O) groups is 1. The monoisotopic (exact) mass is 414 g/mol. The van der Waals surface area contributed by atoms with Crippen LogP contribution in [0.3, 0.4) is 0 Å². The summed E-state index contributed by atoms with van der Waals surface area (Å²) in [6.45, 7) is 2.99. The number of nitrogens with zero attached hydrogens (tertiary/aromatic N) is 2. The molecule has 3 aromatic rings. The van der Waals surface area contributed by atoms with Gasteiger partial charge in [0, 0.05) is 48.4 Å². The lowest BCUT2D eigenvalue weighted by atomic mass is 9.89. The zero-order valence-corrected chi connectivity index (χ0v) is 17.6. The molecule has 2 aliphatic rings. The minimum absolute atomic E-state index is 0.0938. The molecule has 2 atom stereocenters. The van der Waals surface area contributed by atoms with Crippen LogP contribution in [0, 0.1) is 5.82 Å². The Kier molecular flexibility index (Phi) is 5.56. The highest BCUT2D eigenvalue weighted by Gasteiger charge is 2.42. The summed E-state index contributed by atoms with van der Waals surface area (Å²) in [6, 6.07) is 25.8. The predicted octanol–water partition coefficient (Wildman–Crippen LogP) is 5.80. The molecule has 0 unspecified atom stereocenters.